The van der Waals surface area contributed by atoms with E-state index in [1.54, 1.807) is 0 Å². The second-order valence-electron chi connectivity index (χ2n) is 16.4. The number of hydrogen-bond donors (Lipinski definition) is 0. The molecule has 0 radical (unpaired) electrons. The van der Waals surface area contributed by atoms with Crippen LogP contribution in [0.5, 0.6) is 0 Å². The lowest BCUT2D eigenvalue weighted by molar-refractivity contribution is 1.06. The Labute approximate surface area is 381 Å². The van der Waals surface area contributed by atoms with Crippen molar-refractivity contribution in [2.75, 3.05) is 0 Å². The highest BCUT2D eigenvalue weighted by molar-refractivity contribution is 6.14. The van der Waals surface area contributed by atoms with Gasteiger partial charge in [-0.1, -0.05) is 158 Å². The van der Waals surface area contributed by atoms with Crippen molar-refractivity contribution in [1.29, 1.82) is 0 Å². The molecular formula is C60H38N6. The summed E-state index contributed by atoms with van der Waals surface area (Å²) in [6.07, 6.45) is 3.77. The molecule has 0 saturated carbocycles. The summed E-state index contributed by atoms with van der Waals surface area (Å²) in [5.74, 6) is 1.56. The molecule has 0 fully saturated rings. The molecule has 8 aromatic carbocycles. The first-order valence-electron chi connectivity index (χ1n) is 22.0. The molecular weight excluding hydrogens is 805 g/mol. The lowest BCUT2D eigenvalue weighted by Crippen LogP contribution is -2.02. The summed E-state index contributed by atoms with van der Waals surface area (Å²) < 4.78 is 0. The van der Waals surface area contributed by atoms with Gasteiger partial charge in [0.1, 0.15) is 5.69 Å². The van der Waals surface area contributed by atoms with E-state index in [-0.39, 0.29) is 0 Å². The van der Waals surface area contributed by atoms with Crippen LogP contribution in [0.2, 0.25) is 0 Å². The van der Waals surface area contributed by atoms with E-state index in [9.17, 15) is 0 Å². The fourth-order valence-electron chi connectivity index (χ4n) is 8.86. The zero-order valence-electron chi connectivity index (χ0n) is 35.6. The monoisotopic (exact) mass is 842 g/mol. The van der Waals surface area contributed by atoms with Gasteiger partial charge in [-0.25, -0.2) is 19.9 Å². The number of rotatable bonds is 8. The highest BCUT2D eigenvalue weighted by Gasteiger charge is 2.18. The van der Waals surface area contributed by atoms with Crippen molar-refractivity contribution < 1.29 is 0 Å². The van der Waals surface area contributed by atoms with Gasteiger partial charge in [-0.05, 0) is 110 Å². The van der Waals surface area contributed by atoms with Gasteiger partial charge < -0.3 is 0 Å². The Morgan fingerprint density at radius 1 is 0.258 bits per heavy atom. The molecule has 0 aliphatic carbocycles. The molecule has 0 atom stereocenters. The zero-order valence-corrected chi connectivity index (χ0v) is 35.6. The molecule has 0 aliphatic rings. The van der Waals surface area contributed by atoms with Gasteiger partial charge in [0.25, 0.3) is 0 Å². The van der Waals surface area contributed by atoms with Crippen molar-refractivity contribution in [3.8, 4) is 90.2 Å². The molecule has 12 aromatic rings. The largest absolute Gasteiger partial charge is 0.256 e. The molecule has 66 heavy (non-hydrogen) atoms. The fraction of sp³-hybridized carbons (Fsp3) is 0. The smallest absolute Gasteiger partial charge is 0.182 e. The highest BCUT2D eigenvalue weighted by Crippen LogP contribution is 2.40. The molecule has 12 rings (SSSR count). The van der Waals surface area contributed by atoms with E-state index in [4.69, 9.17) is 24.9 Å². The summed E-state index contributed by atoms with van der Waals surface area (Å²) in [5, 5.41) is 5.83. The molecule has 6 nitrogen and oxygen atoms in total. The maximum atomic E-state index is 5.27. The van der Waals surface area contributed by atoms with Gasteiger partial charge >= 0.3 is 0 Å². The normalized spacial score (nSPS) is 11.3. The SMILES string of the molecule is c1ccc(-c2cnc3cc(-c4cc(-c5nc(-c6ccc(-c7ccccn7)cc6)nc(-c6cccc(-c7ccccc7)n6)n5)cc(-c5cc6ccccc6c6ccccc56)c4)ccc3c2)cc1. The molecule has 0 saturated heterocycles. The summed E-state index contributed by atoms with van der Waals surface area (Å²) in [6.45, 7) is 0. The maximum Gasteiger partial charge on any atom is 0.182 e. The van der Waals surface area contributed by atoms with Gasteiger partial charge in [0.15, 0.2) is 17.5 Å². The molecule has 0 spiro atoms. The van der Waals surface area contributed by atoms with Crippen molar-refractivity contribution >= 4 is 32.4 Å². The Hall–Kier alpha value is -9.00. The highest BCUT2D eigenvalue weighted by atomic mass is 15.0. The molecule has 0 aliphatic heterocycles. The summed E-state index contributed by atoms with van der Waals surface area (Å²) in [7, 11) is 0. The van der Waals surface area contributed by atoms with Crippen molar-refractivity contribution in [2.24, 2.45) is 0 Å². The van der Waals surface area contributed by atoms with Crippen LogP contribution in [0.3, 0.4) is 0 Å². The third-order valence-corrected chi connectivity index (χ3v) is 12.2. The van der Waals surface area contributed by atoms with Crippen LogP contribution >= 0.6 is 0 Å². The van der Waals surface area contributed by atoms with E-state index < -0.39 is 0 Å². The molecule has 0 unspecified atom stereocenters. The second kappa shape index (κ2) is 16.6. The number of fused-ring (bicyclic) bond motifs is 4. The summed E-state index contributed by atoms with van der Waals surface area (Å²) in [6, 6.07) is 75.7. The van der Waals surface area contributed by atoms with Crippen LogP contribution in [0.4, 0.5) is 0 Å². The van der Waals surface area contributed by atoms with Gasteiger partial charge in [-0.2, -0.15) is 0 Å². The van der Waals surface area contributed by atoms with Crippen LogP contribution in [-0.2, 0) is 0 Å². The van der Waals surface area contributed by atoms with Gasteiger partial charge in [0, 0.05) is 45.6 Å². The van der Waals surface area contributed by atoms with Crippen molar-refractivity contribution in [3.05, 3.63) is 231 Å². The third kappa shape index (κ3) is 7.42. The van der Waals surface area contributed by atoms with Crippen molar-refractivity contribution in [2.45, 2.75) is 0 Å². The fourth-order valence-corrected chi connectivity index (χ4v) is 8.86. The van der Waals surface area contributed by atoms with E-state index in [0.717, 1.165) is 77.9 Å². The first kappa shape index (κ1) is 38.7. The predicted octanol–water partition coefficient (Wildman–Crippen LogP) is 14.9. The van der Waals surface area contributed by atoms with Crippen LogP contribution in [0.15, 0.2) is 231 Å². The Bertz CT molecular complexity index is 3740. The predicted molar refractivity (Wildman–Crippen MR) is 269 cm³/mol. The quantitative estimate of drug-likeness (QED) is 0.142. The summed E-state index contributed by atoms with van der Waals surface area (Å²) in [4.78, 5) is 30.3. The molecule has 6 heteroatoms. The molecule has 0 amide bonds. The maximum absolute atomic E-state index is 5.27. The Morgan fingerprint density at radius 2 is 0.864 bits per heavy atom. The van der Waals surface area contributed by atoms with Crippen LogP contribution < -0.4 is 0 Å². The minimum absolute atomic E-state index is 0.480. The first-order valence-corrected chi connectivity index (χ1v) is 22.0. The van der Waals surface area contributed by atoms with E-state index >= 15 is 0 Å². The average Bonchev–Trinajstić information content (AvgIpc) is 3.41. The molecule has 0 N–H and O–H groups in total. The number of benzene rings is 8. The van der Waals surface area contributed by atoms with Crippen molar-refractivity contribution in [1.82, 2.24) is 29.9 Å². The van der Waals surface area contributed by atoms with E-state index in [0.29, 0.717) is 23.2 Å². The van der Waals surface area contributed by atoms with E-state index in [2.05, 4.69) is 163 Å². The minimum Gasteiger partial charge on any atom is -0.256 e. The lowest BCUT2D eigenvalue weighted by atomic mass is 9.90. The number of aromatic nitrogens is 6. The van der Waals surface area contributed by atoms with E-state index in [1.807, 2.05) is 73.1 Å². The van der Waals surface area contributed by atoms with Crippen LogP contribution in [0.25, 0.3) is 123 Å². The topological polar surface area (TPSA) is 77.3 Å². The third-order valence-electron chi connectivity index (χ3n) is 12.2. The summed E-state index contributed by atoms with van der Waals surface area (Å²) >= 11 is 0. The Morgan fingerprint density at radius 3 is 1.67 bits per heavy atom. The van der Waals surface area contributed by atoms with Gasteiger partial charge in [-0.3, -0.25) is 9.97 Å². The van der Waals surface area contributed by atoms with Crippen LogP contribution in [-0.4, -0.2) is 29.9 Å². The first-order chi connectivity index (χ1) is 32.7. The van der Waals surface area contributed by atoms with Gasteiger partial charge in [0.2, 0.25) is 0 Å². The van der Waals surface area contributed by atoms with E-state index in [1.165, 1.54) is 21.5 Å². The number of nitrogens with zero attached hydrogens (tertiary/aromatic N) is 6. The number of pyridine rings is 3. The van der Waals surface area contributed by atoms with Gasteiger partial charge in [-0.15, -0.1) is 0 Å². The summed E-state index contributed by atoms with van der Waals surface area (Å²) in [5.41, 5.74) is 13.5. The molecule has 0 bridgehead atoms. The standard InChI is InChI=1S/C60H38N6/c1-3-14-39(15-4-1)49-32-45-30-29-43(37-57(45)62-38-49)46-33-47(53-36-44-18-7-8-19-50(44)51-20-9-10-21-52(51)53)35-48(34-46)59-64-58(42-27-25-41(26-28-42)54-22-11-12-31-61-54)65-60(66-59)56-24-13-23-55(63-56)40-16-5-2-6-17-40/h1-38H. The van der Waals surface area contributed by atoms with Crippen LogP contribution in [0, 0.1) is 0 Å². The van der Waals surface area contributed by atoms with Crippen LogP contribution in [0.1, 0.15) is 0 Å². The zero-order chi connectivity index (χ0) is 43.8. The number of hydrogen-bond acceptors (Lipinski definition) is 6. The Balaban J connectivity index is 1.07. The van der Waals surface area contributed by atoms with Crippen molar-refractivity contribution in [3.63, 3.8) is 0 Å². The molecule has 4 heterocycles. The minimum atomic E-state index is 0.480. The Kier molecular flexibility index (Phi) is 9.73. The lowest BCUT2D eigenvalue weighted by Gasteiger charge is -2.15. The average molecular weight is 843 g/mol. The molecule has 4 aromatic heterocycles. The van der Waals surface area contributed by atoms with Gasteiger partial charge in [0.05, 0.1) is 16.9 Å². The second-order valence-corrected chi connectivity index (χ2v) is 16.4. The molecule has 308 valence electrons.